The molecule has 4 rings (SSSR count). The number of benzene rings is 1. The molecular formula is C23H29Cl2NO2. The summed E-state index contributed by atoms with van der Waals surface area (Å²) in [5.74, 6) is 2.58. The van der Waals surface area contributed by atoms with E-state index in [1.54, 1.807) is 6.07 Å². The fourth-order valence-corrected chi connectivity index (χ4v) is 5.28. The van der Waals surface area contributed by atoms with E-state index in [1.165, 1.54) is 38.9 Å². The SMILES string of the molecule is COC(=O)/C=C/C/C=C\[C@H]1C2CCC(CC2)[C@@H]1CNCc1ccc(Cl)cc1Cl. The highest BCUT2D eigenvalue weighted by atomic mass is 35.5. The van der Waals surface area contributed by atoms with E-state index in [2.05, 4.69) is 22.2 Å². The van der Waals surface area contributed by atoms with Crippen molar-refractivity contribution in [3.63, 3.8) is 0 Å². The lowest BCUT2D eigenvalue weighted by molar-refractivity contribution is -0.134. The molecule has 152 valence electrons. The lowest BCUT2D eigenvalue weighted by Gasteiger charge is -2.48. The first-order valence-electron chi connectivity index (χ1n) is 10.1. The second kappa shape index (κ2) is 10.5. The number of halogens is 2. The first-order valence-corrected chi connectivity index (χ1v) is 10.9. The van der Waals surface area contributed by atoms with Crippen molar-refractivity contribution in [1.29, 1.82) is 0 Å². The minimum atomic E-state index is -0.298. The van der Waals surface area contributed by atoms with Gasteiger partial charge in [-0.1, -0.05) is 47.5 Å². The summed E-state index contributed by atoms with van der Waals surface area (Å²) in [6.07, 6.45) is 14.1. The molecule has 3 fully saturated rings. The minimum Gasteiger partial charge on any atom is -0.466 e. The average molecular weight is 422 g/mol. The molecule has 2 atom stereocenters. The van der Waals surface area contributed by atoms with Gasteiger partial charge in [-0.15, -0.1) is 0 Å². The van der Waals surface area contributed by atoms with E-state index in [0.29, 0.717) is 16.9 Å². The molecule has 1 aromatic rings. The van der Waals surface area contributed by atoms with Crippen molar-refractivity contribution in [2.75, 3.05) is 13.7 Å². The third-order valence-electron chi connectivity index (χ3n) is 6.26. The Morgan fingerprint density at radius 1 is 1.18 bits per heavy atom. The first kappa shape index (κ1) is 21.4. The van der Waals surface area contributed by atoms with Crippen molar-refractivity contribution in [3.8, 4) is 0 Å². The van der Waals surface area contributed by atoms with Gasteiger partial charge < -0.3 is 10.1 Å². The van der Waals surface area contributed by atoms with Gasteiger partial charge in [0, 0.05) is 22.7 Å². The maximum absolute atomic E-state index is 11.2. The fourth-order valence-electron chi connectivity index (χ4n) is 4.81. The lowest BCUT2D eigenvalue weighted by atomic mass is 9.58. The van der Waals surface area contributed by atoms with Crippen molar-refractivity contribution < 1.29 is 9.53 Å². The average Bonchev–Trinajstić information content (AvgIpc) is 2.70. The fraction of sp³-hybridized carbons (Fsp3) is 0.522. The molecule has 0 spiro atoms. The van der Waals surface area contributed by atoms with Crippen LogP contribution in [0.1, 0.15) is 37.7 Å². The Morgan fingerprint density at radius 3 is 2.64 bits per heavy atom. The van der Waals surface area contributed by atoms with Gasteiger partial charge >= 0.3 is 5.97 Å². The summed E-state index contributed by atoms with van der Waals surface area (Å²) in [6, 6.07) is 5.69. The maximum atomic E-state index is 11.2. The zero-order valence-electron chi connectivity index (χ0n) is 16.4. The number of hydrogen-bond donors (Lipinski definition) is 1. The van der Waals surface area contributed by atoms with E-state index in [4.69, 9.17) is 23.2 Å². The number of methoxy groups -OCH3 is 1. The van der Waals surface area contributed by atoms with E-state index in [1.807, 2.05) is 18.2 Å². The van der Waals surface area contributed by atoms with Crippen molar-refractivity contribution >= 4 is 29.2 Å². The number of nitrogens with one attached hydrogen (secondary N) is 1. The molecule has 5 heteroatoms. The van der Waals surface area contributed by atoms with Crippen LogP contribution in [0.25, 0.3) is 0 Å². The van der Waals surface area contributed by atoms with Crippen LogP contribution in [0.5, 0.6) is 0 Å². The van der Waals surface area contributed by atoms with E-state index in [-0.39, 0.29) is 5.97 Å². The second-order valence-corrected chi connectivity index (χ2v) is 8.72. The number of ether oxygens (including phenoxy) is 1. The minimum absolute atomic E-state index is 0.298. The van der Waals surface area contributed by atoms with Crippen molar-refractivity contribution in [3.05, 3.63) is 58.1 Å². The van der Waals surface area contributed by atoms with E-state index in [9.17, 15) is 4.79 Å². The summed E-state index contributed by atoms with van der Waals surface area (Å²) in [4.78, 5) is 11.2. The first-order chi connectivity index (χ1) is 13.6. The molecule has 3 saturated carbocycles. The van der Waals surface area contributed by atoms with Gasteiger partial charge in [0.1, 0.15) is 0 Å². The quantitative estimate of drug-likeness (QED) is 0.326. The van der Waals surface area contributed by atoms with Gasteiger partial charge in [-0.25, -0.2) is 4.79 Å². The van der Waals surface area contributed by atoms with Crippen LogP contribution in [0.4, 0.5) is 0 Å². The Bertz CT molecular complexity index is 723. The van der Waals surface area contributed by atoms with Gasteiger partial charge in [-0.05, 0) is 80.0 Å². The molecule has 1 aromatic carbocycles. The zero-order valence-corrected chi connectivity index (χ0v) is 17.9. The zero-order chi connectivity index (χ0) is 19.9. The highest BCUT2D eigenvalue weighted by Gasteiger charge is 2.41. The van der Waals surface area contributed by atoms with Crippen LogP contribution in [0, 0.1) is 23.7 Å². The molecule has 0 aliphatic heterocycles. The van der Waals surface area contributed by atoms with Crippen LogP contribution in [0.15, 0.2) is 42.5 Å². The maximum Gasteiger partial charge on any atom is 0.330 e. The van der Waals surface area contributed by atoms with Crippen LogP contribution in [0.3, 0.4) is 0 Å². The summed E-state index contributed by atoms with van der Waals surface area (Å²) in [7, 11) is 1.40. The van der Waals surface area contributed by atoms with Crippen LogP contribution < -0.4 is 5.32 Å². The van der Waals surface area contributed by atoms with Gasteiger partial charge in [0.05, 0.1) is 7.11 Å². The summed E-state index contributed by atoms with van der Waals surface area (Å²) >= 11 is 12.3. The third-order valence-corrected chi connectivity index (χ3v) is 6.84. The van der Waals surface area contributed by atoms with Gasteiger partial charge in [-0.2, -0.15) is 0 Å². The molecule has 3 aliphatic carbocycles. The predicted octanol–water partition coefficient (Wildman–Crippen LogP) is 5.81. The monoisotopic (exact) mass is 421 g/mol. The van der Waals surface area contributed by atoms with Crippen LogP contribution in [-0.2, 0) is 16.1 Å². The number of esters is 1. The summed E-state index contributed by atoms with van der Waals surface area (Å²) < 4.78 is 4.62. The molecule has 0 saturated heterocycles. The van der Waals surface area contributed by atoms with Crippen molar-refractivity contribution in [2.45, 2.75) is 38.6 Å². The molecule has 0 radical (unpaired) electrons. The van der Waals surface area contributed by atoms with E-state index >= 15 is 0 Å². The summed E-state index contributed by atoms with van der Waals surface area (Å²) in [5, 5.41) is 5.03. The molecule has 0 aromatic heterocycles. The standard InChI is InChI=1S/C23H29Cl2NO2/c1-28-23(27)6-4-2-3-5-20-16-7-9-17(10-8-16)21(20)15-26-14-18-11-12-19(24)13-22(18)25/h3-6,11-13,16-17,20-21,26H,2,7-10,14-15H2,1H3/b5-3-,6-4+/t16?,17?,20-,21-/m0/s1. The summed E-state index contributed by atoms with van der Waals surface area (Å²) in [5.41, 5.74) is 1.09. The van der Waals surface area contributed by atoms with Gasteiger partial charge in [-0.3, -0.25) is 0 Å². The highest BCUT2D eigenvalue weighted by Crippen LogP contribution is 2.49. The molecule has 0 amide bonds. The molecule has 3 aliphatic rings. The van der Waals surface area contributed by atoms with Crippen molar-refractivity contribution in [1.82, 2.24) is 5.32 Å². The number of carbonyl (C=O) groups is 1. The molecule has 0 unspecified atom stereocenters. The molecule has 1 N–H and O–H groups in total. The lowest BCUT2D eigenvalue weighted by Crippen LogP contribution is -2.43. The van der Waals surface area contributed by atoms with E-state index < -0.39 is 0 Å². The molecular weight excluding hydrogens is 393 g/mol. The Morgan fingerprint density at radius 2 is 1.93 bits per heavy atom. The number of hydrogen-bond acceptors (Lipinski definition) is 3. The Balaban J connectivity index is 1.56. The Hall–Kier alpha value is -1.29. The highest BCUT2D eigenvalue weighted by molar-refractivity contribution is 6.35. The molecule has 28 heavy (non-hydrogen) atoms. The Kier molecular flexibility index (Phi) is 8.01. The van der Waals surface area contributed by atoms with Crippen LogP contribution in [-0.4, -0.2) is 19.6 Å². The molecule has 2 bridgehead atoms. The van der Waals surface area contributed by atoms with Gasteiger partial charge in [0.25, 0.3) is 0 Å². The largest absolute Gasteiger partial charge is 0.466 e. The third kappa shape index (κ3) is 5.62. The van der Waals surface area contributed by atoms with Crippen LogP contribution >= 0.6 is 23.2 Å². The number of rotatable bonds is 8. The van der Waals surface area contributed by atoms with Gasteiger partial charge in [0.15, 0.2) is 0 Å². The van der Waals surface area contributed by atoms with Crippen LogP contribution in [0.2, 0.25) is 10.0 Å². The second-order valence-electron chi connectivity index (χ2n) is 7.87. The normalized spacial score (nSPS) is 27.0. The topological polar surface area (TPSA) is 38.3 Å². The number of fused-ring (bicyclic) bond motifs is 3. The van der Waals surface area contributed by atoms with Gasteiger partial charge in [0.2, 0.25) is 0 Å². The van der Waals surface area contributed by atoms with E-state index in [0.717, 1.165) is 41.9 Å². The Labute approximate surface area is 178 Å². The molecule has 3 nitrogen and oxygen atoms in total. The smallest absolute Gasteiger partial charge is 0.330 e. The molecule has 0 heterocycles. The van der Waals surface area contributed by atoms with Crippen molar-refractivity contribution in [2.24, 2.45) is 23.7 Å². The summed E-state index contributed by atoms with van der Waals surface area (Å²) in [6.45, 7) is 1.77. The number of carbonyl (C=O) groups excluding carboxylic acids is 1. The predicted molar refractivity (Wildman–Crippen MR) is 116 cm³/mol. The number of allylic oxidation sites excluding steroid dienone is 3.